The molecule has 0 aliphatic heterocycles. The molecule has 0 unspecified atom stereocenters. The SMILES string of the molecule is C[C@@H](OC(C)(C)C)[C@H](NC(=O)OC(C)(C)C)C(=O)NS(=O)(=O)c1cccc(Br)c1. The number of sulfonamides is 1. The summed E-state index contributed by atoms with van der Waals surface area (Å²) >= 11 is 3.20. The van der Waals surface area contributed by atoms with Gasteiger partial charge in [0, 0.05) is 4.47 Å². The van der Waals surface area contributed by atoms with Crippen molar-refractivity contribution in [3.8, 4) is 0 Å². The van der Waals surface area contributed by atoms with Crippen molar-refractivity contribution in [3.63, 3.8) is 0 Å². The third-order valence-corrected chi connectivity index (χ3v) is 5.14. The van der Waals surface area contributed by atoms with Gasteiger partial charge in [-0.15, -0.1) is 0 Å². The van der Waals surface area contributed by atoms with E-state index < -0.39 is 45.4 Å². The third kappa shape index (κ3) is 9.14. The minimum atomic E-state index is -4.15. The summed E-state index contributed by atoms with van der Waals surface area (Å²) in [6, 6.07) is 4.61. The summed E-state index contributed by atoms with van der Waals surface area (Å²) in [5.74, 6) is -0.937. The molecule has 29 heavy (non-hydrogen) atoms. The number of amides is 2. The topological polar surface area (TPSA) is 111 Å². The summed E-state index contributed by atoms with van der Waals surface area (Å²) in [7, 11) is -4.15. The molecule has 0 aromatic heterocycles. The van der Waals surface area contributed by atoms with Crippen LogP contribution in [0.4, 0.5) is 4.79 Å². The molecule has 2 atom stereocenters. The van der Waals surface area contributed by atoms with Crippen LogP contribution in [0.3, 0.4) is 0 Å². The lowest BCUT2D eigenvalue weighted by atomic mass is 10.1. The molecule has 2 amide bonds. The number of rotatable bonds is 6. The van der Waals surface area contributed by atoms with Gasteiger partial charge in [0.2, 0.25) is 0 Å². The Morgan fingerprint density at radius 1 is 1.07 bits per heavy atom. The smallest absolute Gasteiger partial charge is 0.408 e. The molecule has 0 saturated carbocycles. The highest BCUT2D eigenvalue weighted by Crippen LogP contribution is 2.18. The zero-order valence-corrected chi connectivity index (χ0v) is 20.1. The molecular weight excluding hydrogens is 464 g/mol. The first-order chi connectivity index (χ1) is 13.0. The van der Waals surface area contributed by atoms with E-state index in [-0.39, 0.29) is 4.90 Å². The van der Waals surface area contributed by atoms with Crippen LogP contribution >= 0.6 is 15.9 Å². The van der Waals surface area contributed by atoms with Crippen LogP contribution in [-0.4, -0.2) is 43.8 Å². The molecule has 0 heterocycles. The van der Waals surface area contributed by atoms with Crippen LogP contribution in [0.1, 0.15) is 48.5 Å². The fourth-order valence-corrected chi connectivity index (χ4v) is 3.95. The van der Waals surface area contributed by atoms with Crippen LogP contribution in [0.2, 0.25) is 0 Å². The number of nitrogens with one attached hydrogen (secondary N) is 2. The number of halogens is 1. The number of benzene rings is 1. The van der Waals surface area contributed by atoms with E-state index in [0.29, 0.717) is 4.47 Å². The van der Waals surface area contributed by atoms with E-state index in [9.17, 15) is 18.0 Å². The van der Waals surface area contributed by atoms with Gasteiger partial charge in [-0.3, -0.25) is 4.79 Å². The first-order valence-corrected chi connectivity index (χ1v) is 11.3. The summed E-state index contributed by atoms with van der Waals surface area (Å²) in [4.78, 5) is 24.9. The Morgan fingerprint density at radius 2 is 1.66 bits per heavy atom. The van der Waals surface area contributed by atoms with Crippen LogP contribution in [0.5, 0.6) is 0 Å². The zero-order valence-electron chi connectivity index (χ0n) is 17.7. The van der Waals surface area contributed by atoms with Crippen molar-refractivity contribution in [1.82, 2.24) is 10.0 Å². The molecule has 1 aromatic carbocycles. The molecule has 0 aliphatic rings. The summed E-state index contributed by atoms with van der Waals surface area (Å²) < 4.78 is 38.7. The van der Waals surface area contributed by atoms with Crippen LogP contribution in [0.15, 0.2) is 33.6 Å². The molecule has 10 heteroatoms. The van der Waals surface area contributed by atoms with Crippen molar-refractivity contribution in [2.45, 2.75) is 76.7 Å². The summed E-state index contributed by atoms with van der Waals surface area (Å²) in [6.45, 7) is 11.9. The Balaban J connectivity index is 3.10. The highest BCUT2D eigenvalue weighted by Gasteiger charge is 2.34. The lowest BCUT2D eigenvalue weighted by Gasteiger charge is -2.31. The minimum absolute atomic E-state index is 0.0966. The Bertz CT molecular complexity index is 843. The molecule has 1 aromatic rings. The van der Waals surface area contributed by atoms with Gasteiger partial charge in [0.1, 0.15) is 11.6 Å². The van der Waals surface area contributed by atoms with Crippen LogP contribution < -0.4 is 10.0 Å². The van der Waals surface area contributed by atoms with E-state index in [1.165, 1.54) is 18.2 Å². The monoisotopic (exact) mass is 492 g/mol. The molecular formula is C19H29BrN2O6S. The largest absolute Gasteiger partial charge is 0.444 e. The van der Waals surface area contributed by atoms with Crippen LogP contribution in [0, 0.1) is 0 Å². The maximum atomic E-state index is 12.8. The highest BCUT2D eigenvalue weighted by atomic mass is 79.9. The van der Waals surface area contributed by atoms with Gasteiger partial charge in [-0.2, -0.15) is 0 Å². The number of hydrogen-bond donors (Lipinski definition) is 2. The molecule has 0 bridgehead atoms. The van der Waals surface area contributed by atoms with Gasteiger partial charge in [-0.25, -0.2) is 17.9 Å². The number of carbonyl (C=O) groups excluding carboxylic acids is 2. The molecule has 0 radical (unpaired) electrons. The second-order valence-electron chi connectivity index (χ2n) is 8.49. The van der Waals surface area contributed by atoms with Crippen molar-refractivity contribution in [2.75, 3.05) is 0 Å². The molecule has 0 fully saturated rings. The van der Waals surface area contributed by atoms with E-state index >= 15 is 0 Å². The minimum Gasteiger partial charge on any atom is -0.444 e. The number of alkyl carbamates (subject to hydrolysis) is 1. The van der Waals surface area contributed by atoms with Crippen LogP contribution in [-0.2, 0) is 24.3 Å². The van der Waals surface area contributed by atoms with E-state index in [1.54, 1.807) is 54.5 Å². The van der Waals surface area contributed by atoms with Gasteiger partial charge in [-0.05, 0) is 66.7 Å². The highest BCUT2D eigenvalue weighted by molar-refractivity contribution is 9.10. The number of carbonyl (C=O) groups is 2. The van der Waals surface area contributed by atoms with Gasteiger partial charge in [-0.1, -0.05) is 22.0 Å². The molecule has 164 valence electrons. The van der Waals surface area contributed by atoms with E-state index in [4.69, 9.17) is 9.47 Å². The quantitative estimate of drug-likeness (QED) is 0.629. The van der Waals surface area contributed by atoms with Gasteiger partial charge in [0.05, 0.1) is 16.6 Å². The van der Waals surface area contributed by atoms with E-state index in [0.717, 1.165) is 0 Å². The van der Waals surface area contributed by atoms with Gasteiger partial charge < -0.3 is 14.8 Å². The first-order valence-electron chi connectivity index (χ1n) is 9.00. The van der Waals surface area contributed by atoms with Gasteiger partial charge in [0.25, 0.3) is 15.9 Å². The summed E-state index contributed by atoms with van der Waals surface area (Å²) in [5, 5.41) is 2.41. The third-order valence-electron chi connectivity index (χ3n) is 3.30. The Morgan fingerprint density at radius 3 is 2.14 bits per heavy atom. The normalized spacial score (nSPS) is 14.6. The Kier molecular flexibility index (Phi) is 8.26. The van der Waals surface area contributed by atoms with Crippen molar-refractivity contribution >= 4 is 38.0 Å². The maximum Gasteiger partial charge on any atom is 0.408 e. The average Bonchev–Trinajstić information content (AvgIpc) is 2.48. The van der Waals surface area contributed by atoms with E-state index in [2.05, 4.69) is 21.2 Å². The molecule has 0 spiro atoms. The van der Waals surface area contributed by atoms with Crippen LogP contribution in [0.25, 0.3) is 0 Å². The first kappa shape index (κ1) is 25.4. The lowest BCUT2D eigenvalue weighted by molar-refractivity contribution is -0.129. The Hall–Kier alpha value is -1.65. The van der Waals surface area contributed by atoms with Crippen molar-refractivity contribution in [3.05, 3.63) is 28.7 Å². The van der Waals surface area contributed by atoms with Crippen molar-refractivity contribution in [2.24, 2.45) is 0 Å². The number of hydrogen-bond acceptors (Lipinski definition) is 6. The molecule has 2 N–H and O–H groups in total. The van der Waals surface area contributed by atoms with Gasteiger partial charge in [0.15, 0.2) is 0 Å². The van der Waals surface area contributed by atoms with Crippen molar-refractivity contribution in [1.29, 1.82) is 0 Å². The summed E-state index contributed by atoms with van der Waals surface area (Å²) in [5.41, 5.74) is -1.42. The lowest BCUT2D eigenvalue weighted by Crippen LogP contribution is -2.56. The second-order valence-corrected chi connectivity index (χ2v) is 11.1. The second kappa shape index (κ2) is 9.44. The average molecular weight is 493 g/mol. The number of ether oxygens (including phenoxy) is 2. The zero-order chi connectivity index (χ0) is 22.6. The predicted molar refractivity (Wildman–Crippen MR) is 113 cm³/mol. The molecule has 8 nitrogen and oxygen atoms in total. The van der Waals surface area contributed by atoms with Gasteiger partial charge >= 0.3 is 6.09 Å². The molecule has 1 rings (SSSR count). The molecule has 0 saturated heterocycles. The fraction of sp³-hybridized carbons (Fsp3) is 0.579. The van der Waals surface area contributed by atoms with Crippen molar-refractivity contribution < 1.29 is 27.5 Å². The predicted octanol–water partition coefficient (Wildman–Crippen LogP) is 3.35. The maximum absolute atomic E-state index is 12.8. The standard InChI is InChI=1S/C19H29BrN2O6S/c1-12(27-18(2,3)4)15(21-17(24)28-19(5,6)7)16(23)22-29(25,26)14-10-8-9-13(20)11-14/h8-12,15H,1-7H3,(H,21,24)(H,22,23)/t12-,15+/m1/s1. The summed E-state index contributed by atoms with van der Waals surface area (Å²) in [6.07, 6.45) is -1.69. The molecule has 0 aliphatic carbocycles. The fourth-order valence-electron chi connectivity index (χ4n) is 2.35. The Labute approximate surface area is 180 Å². The van der Waals surface area contributed by atoms with E-state index in [1.807, 2.05) is 4.72 Å².